The van der Waals surface area contributed by atoms with Crippen molar-refractivity contribution in [2.45, 2.75) is 4.90 Å². The van der Waals surface area contributed by atoms with Crippen molar-refractivity contribution in [3.05, 3.63) is 52.8 Å². The number of hydrogen-bond acceptors (Lipinski definition) is 5. The van der Waals surface area contributed by atoms with Crippen LogP contribution in [-0.4, -0.2) is 52.0 Å². The molecule has 1 aliphatic rings. The number of nitrogens with zero attached hydrogens (tertiary/aromatic N) is 1. The van der Waals surface area contributed by atoms with E-state index in [0.29, 0.717) is 16.5 Å². The van der Waals surface area contributed by atoms with Crippen molar-refractivity contribution < 1.29 is 27.1 Å². The highest BCUT2D eigenvalue weighted by molar-refractivity contribution is 7.89. The number of anilines is 1. The molecule has 1 aliphatic heterocycles. The molecule has 0 aliphatic carbocycles. The lowest BCUT2D eigenvalue weighted by Crippen LogP contribution is -2.41. The van der Waals surface area contributed by atoms with E-state index in [4.69, 9.17) is 21.1 Å². The Kier molecular flexibility index (Phi) is 6.19. The van der Waals surface area contributed by atoms with E-state index < -0.39 is 26.6 Å². The summed E-state index contributed by atoms with van der Waals surface area (Å²) in [5.74, 6) is -1.07. The molecule has 1 saturated heterocycles. The van der Waals surface area contributed by atoms with Crippen molar-refractivity contribution in [1.29, 1.82) is 0 Å². The minimum atomic E-state index is -4.08. The first kappa shape index (κ1) is 20.5. The predicted octanol–water partition coefficient (Wildman–Crippen LogP) is 2.76. The molecule has 0 bridgehead atoms. The molecular formula is C18H18ClFN2O5S. The van der Waals surface area contributed by atoms with Crippen LogP contribution in [0, 0.1) is 5.82 Å². The Morgan fingerprint density at radius 2 is 1.93 bits per heavy atom. The number of sulfonamides is 1. The Morgan fingerprint density at radius 3 is 2.57 bits per heavy atom. The zero-order chi connectivity index (χ0) is 20.3. The lowest BCUT2D eigenvalue weighted by atomic mass is 10.2. The third kappa shape index (κ3) is 4.27. The number of hydrogen-bond donors (Lipinski definition) is 1. The zero-order valence-electron chi connectivity index (χ0n) is 14.9. The maximum Gasteiger partial charge on any atom is 0.255 e. The Labute approximate surface area is 167 Å². The van der Waals surface area contributed by atoms with Crippen LogP contribution in [0.15, 0.2) is 41.3 Å². The second kappa shape index (κ2) is 8.44. The molecule has 1 fully saturated rings. The van der Waals surface area contributed by atoms with Crippen molar-refractivity contribution in [1.82, 2.24) is 4.31 Å². The highest BCUT2D eigenvalue weighted by Gasteiger charge is 2.29. The first-order valence-corrected chi connectivity index (χ1v) is 10.2. The van der Waals surface area contributed by atoms with E-state index in [1.807, 2.05) is 0 Å². The van der Waals surface area contributed by atoms with E-state index >= 15 is 0 Å². The van der Waals surface area contributed by atoms with E-state index in [1.165, 1.54) is 19.2 Å². The van der Waals surface area contributed by atoms with Crippen molar-refractivity contribution in [2.75, 3.05) is 38.7 Å². The minimum Gasteiger partial charge on any atom is -0.495 e. The van der Waals surface area contributed by atoms with Gasteiger partial charge in [-0.1, -0.05) is 11.6 Å². The van der Waals surface area contributed by atoms with Gasteiger partial charge in [0.25, 0.3) is 5.91 Å². The largest absolute Gasteiger partial charge is 0.495 e. The van der Waals surface area contributed by atoms with E-state index in [2.05, 4.69) is 5.32 Å². The Bertz CT molecular complexity index is 993. The molecular weight excluding hydrogens is 411 g/mol. The van der Waals surface area contributed by atoms with Gasteiger partial charge < -0.3 is 14.8 Å². The number of morpholine rings is 1. The standard InChI is InChI=1S/C18H18ClFN2O5S/c1-26-16-5-3-13(11-14(16)19)21-18(23)12-2-4-15(20)17(10-12)28(24,25)22-6-8-27-9-7-22/h2-5,10-11H,6-9H2,1H3,(H,21,23). The van der Waals surface area contributed by atoms with Gasteiger partial charge in [-0.05, 0) is 36.4 Å². The van der Waals surface area contributed by atoms with Crippen molar-refractivity contribution in [2.24, 2.45) is 0 Å². The first-order chi connectivity index (χ1) is 13.3. The van der Waals surface area contributed by atoms with Crippen LogP contribution in [0.4, 0.5) is 10.1 Å². The molecule has 7 nitrogen and oxygen atoms in total. The second-order valence-electron chi connectivity index (χ2n) is 5.97. The number of rotatable bonds is 5. The number of methoxy groups -OCH3 is 1. The zero-order valence-corrected chi connectivity index (χ0v) is 16.5. The van der Waals surface area contributed by atoms with Gasteiger partial charge in [0.05, 0.1) is 25.3 Å². The molecule has 10 heteroatoms. The van der Waals surface area contributed by atoms with Crippen LogP contribution in [0.3, 0.4) is 0 Å². The fourth-order valence-corrected chi connectivity index (χ4v) is 4.47. The molecule has 0 atom stereocenters. The Morgan fingerprint density at radius 1 is 1.21 bits per heavy atom. The third-order valence-electron chi connectivity index (χ3n) is 4.19. The number of amides is 1. The molecule has 0 saturated carbocycles. The molecule has 2 aromatic rings. The van der Waals surface area contributed by atoms with Crippen LogP contribution in [0.1, 0.15) is 10.4 Å². The lowest BCUT2D eigenvalue weighted by Gasteiger charge is -2.26. The molecule has 1 amide bonds. The second-order valence-corrected chi connectivity index (χ2v) is 8.28. The minimum absolute atomic E-state index is 0.000162. The summed E-state index contributed by atoms with van der Waals surface area (Å²) in [4.78, 5) is 12.0. The molecule has 3 rings (SSSR count). The van der Waals surface area contributed by atoms with Crippen LogP contribution in [0.5, 0.6) is 5.75 Å². The fraction of sp³-hybridized carbons (Fsp3) is 0.278. The van der Waals surface area contributed by atoms with Crippen LogP contribution < -0.4 is 10.1 Å². The highest BCUT2D eigenvalue weighted by atomic mass is 35.5. The third-order valence-corrected chi connectivity index (χ3v) is 6.40. The normalized spacial score (nSPS) is 15.2. The molecule has 0 unspecified atom stereocenters. The number of ether oxygens (including phenoxy) is 2. The average Bonchev–Trinajstić information content (AvgIpc) is 2.69. The van der Waals surface area contributed by atoms with Gasteiger partial charge in [0.2, 0.25) is 10.0 Å². The highest BCUT2D eigenvalue weighted by Crippen LogP contribution is 2.28. The van der Waals surface area contributed by atoms with E-state index in [1.54, 1.807) is 12.1 Å². The van der Waals surface area contributed by atoms with Gasteiger partial charge in [0.15, 0.2) is 0 Å². The maximum atomic E-state index is 14.2. The molecule has 1 heterocycles. The maximum absolute atomic E-state index is 14.2. The Hall–Kier alpha value is -2.20. The summed E-state index contributed by atoms with van der Waals surface area (Å²) in [6.45, 7) is 0.726. The monoisotopic (exact) mass is 428 g/mol. The van der Waals surface area contributed by atoms with E-state index in [-0.39, 0.29) is 31.9 Å². The summed E-state index contributed by atoms with van der Waals surface area (Å²) in [6.07, 6.45) is 0. The van der Waals surface area contributed by atoms with Crippen molar-refractivity contribution in [3.8, 4) is 5.75 Å². The summed E-state index contributed by atoms with van der Waals surface area (Å²) < 4.78 is 51.0. The van der Waals surface area contributed by atoms with Crippen LogP contribution >= 0.6 is 11.6 Å². The molecule has 0 aromatic heterocycles. The van der Waals surface area contributed by atoms with Gasteiger partial charge in [-0.3, -0.25) is 4.79 Å². The number of nitrogens with one attached hydrogen (secondary N) is 1. The Balaban J connectivity index is 1.86. The first-order valence-electron chi connectivity index (χ1n) is 8.35. The molecule has 150 valence electrons. The van der Waals surface area contributed by atoms with Gasteiger partial charge in [0.1, 0.15) is 16.5 Å². The summed E-state index contributed by atoms with van der Waals surface area (Å²) in [5.41, 5.74) is 0.387. The average molecular weight is 429 g/mol. The number of benzene rings is 2. The molecule has 0 radical (unpaired) electrons. The topological polar surface area (TPSA) is 84.9 Å². The fourth-order valence-electron chi connectivity index (χ4n) is 2.72. The van der Waals surface area contributed by atoms with Gasteiger partial charge in [-0.25, -0.2) is 12.8 Å². The van der Waals surface area contributed by atoms with Gasteiger partial charge >= 0.3 is 0 Å². The number of carbonyl (C=O) groups is 1. The SMILES string of the molecule is COc1ccc(NC(=O)c2ccc(F)c(S(=O)(=O)N3CCOCC3)c2)cc1Cl. The van der Waals surface area contributed by atoms with E-state index in [9.17, 15) is 17.6 Å². The summed E-state index contributed by atoms with van der Waals surface area (Å²) in [5, 5.41) is 2.90. The van der Waals surface area contributed by atoms with Gasteiger partial charge in [-0.15, -0.1) is 0 Å². The van der Waals surface area contributed by atoms with Gasteiger partial charge in [-0.2, -0.15) is 4.31 Å². The summed E-state index contributed by atoms with van der Waals surface area (Å²) in [7, 11) is -2.61. The lowest BCUT2D eigenvalue weighted by molar-refractivity contribution is 0.0729. The molecule has 2 aromatic carbocycles. The quantitative estimate of drug-likeness (QED) is 0.791. The van der Waals surface area contributed by atoms with Crippen LogP contribution in [0.2, 0.25) is 5.02 Å². The van der Waals surface area contributed by atoms with Gasteiger partial charge in [0, 0.05) is 24.3 Å². The predicted molar refractivity (Wildman–Crippen MR) is 102 cm³/mol. The van der Waals surface area contributed by atoms with E-state index in [0.717, 1.165) is 16.4 Å². The molecule has 1 N–H and O–H groups in total. The number of halogens is 2. The number of carbonyl (C=O) groups excluding carboxylic acids is 1. The van der Waals surface area contributed by atoms with Crippen molar-refractivity contribution in [3.63, 3.8) is 0 Å². The van der Waals surface area contributed by atoms with Crippen LogP contribution in [0.25, 0.3) is 0 Å². The molecule has 0 spiro atoms. The summed E-state index contributed by atoms with van der Waals surface area (Å²) >= 11 is 6.03. The smallest absolute Gasteiger partial charge is 0.255 e. The summed E-state index contributed by atoms with van der Waals surface area (Å²) in [6, 6.07) is 7.86. The van der Waals surface area contributed by atoms with Crippen LogP contribution in [-0.2, 0) is 14.8 Å². The molecule has 28 heavy (non-hydrogen) atoms. The van der Waals surface area contributed by atoms with Crippen molar-refractivity contribution >= 4 is 33.2 Å².